The Bertz CT molecular complexity index is 1140. The van der Waals surface area contributed by atoms with E-state index in [1.165, 1.54) is 6.33 Å². The fourth-order valence-corrected chi connectivity index (χ4v) is 4.29. The molecule has 3 aromatic rings. The maximum absolute atomic E-state index is 13.6. The normalized spacial score (nSPS) is 20.4. The number of methoxy groups -OCH3 is 1. The third-order valence-electron chi connectivity index (χ3n) is 6.02. The number of hydrogen-bond donors (Lipinski definition) is 1. The fourth-order valence-electron chi connectivity index (χ4n) is 4.29. The molecule has 0 spiro atoms. The van der Waals surface area contributed by atoms with E-state index < -0.39 is 12.1 Å². The number of morpholine rings is 1. The van der Waals surface area contributed by atoms with Gasteiger partial charge in [-0.2, -0.15) is 0 Å². The Morgan fingerprint density at radius 2 is 1.88 bits per heavy atom. The fraction of sp³-hybridized carbons (Fsp3) is 0.565. The van der Waals surface area contributed by atoms with Gasteiger partial charge in [0.1, 0.15) is 24.0 Å². The van der Waals surface area contributed by atoms with Crippen LogP contribution >= 0.6 is 0 Å². The van der Waals surface area contributed by atoms with Crippen LogP contribution in [0.5, 0.6) is 0 Å². The third-order valence-corrected chi connectivity index (χ3v) is 6.02. The Kier molecular flexibility index (Phi) is 7.03. The van der Waals surface area contributed by atoms with Crippen molar-refractivity contribution in [3.63, 3.8) is 0 Å². The number of hydrogen-bond acceptors (Lipinski definition) is 9. The molecule has 1 fully saturated rings. The molecule has 11 heteroatoms. The lowest BCUT2D eigenvalue weighted by Gasteiger charge is -2.38. The standard InChI is InChI=1S/C23H32N8O3/c1-7-31-21(17-8-24-16(5)25-9-17)29-19-20(26-12-27-22(19)31)28-18(15(4)33-6)23(32)30-10-13(2)34-14(3)11-30/h8-9,12-15,18H,7,10-11H2,1-6H3,(H,26,27,28)/t13-,14+,15-,18+/m1/s1. The van der Waals surface area contributed by atoms with Crippen LogP contribution in [-0.4, -0.2) is 84.8 Å². The number of carbonyl (C=O) groups is 1. The number of ether oxygens (including phenoxy) is 2. The molecular formula is C23H32N8O3. The lowest BCUT2D eigenvalue weighted by Crippen LogP contribution is -2.55. The van der Waals surface area contributed by atoms with Gasteiger partial charge in [0, 0.05) is 39.1 Å². The number of aryl methyl sites for hydroxylation is 2. The number of nitrogens with zero attached hydrogens (tertiary/aromatic N) is 7. The van der Waals surface area contributed by atoms with E-state index in [1.807, 2.05) is 44.1 Å². The number of amides is 1. The quantitative estimate of drug-likeness (QED) is 0.555. The highest BCUT2D eigenvalue weighted by Crippen LogP contribution is 2.27. The van der Waals surface area contributed by atoms with Crippen LogP contribution in [0.2, 0.25) is 0 Å². The van der Waals surface area contributed by atoms with E-state index in [0.717, 1.165) is 5.56 Å². The zero-order valence-electron chi connectivity index (χ0n) is 20.5. The summed E-state index contributed by atoms with van der Waals surface area (Å²) in [5, 5.41) is 3.31. The van der Waals surface area contributed by atoms with Gasteiger partial charge in [0.05, 0.1) is 23.9 Å². The molecule has 1 saturated heterocycles. The molecule has 4 atom stereocenters. The van der Waals surface area contributed by atoms with Crippen molar-refractivity contribution >= 4 is 22.9 Å². The van der Waals surface area contributed by atoms with Gasteiger partial charge in [-0.15, -0.1) is 0 Å². The van der Waals surface area contributed by atoms with Crippen LogP contribution in [0.15, 0.2) is 18.7 Å². The van der Waals surface area contributed by atoms with Crippen molar-refractivity contribution in [3.05, 3.63) is 24.5 Å². The molecule has 1 N–H and O–H groups in total. The zero-order valence-corrected chi connectivity index (χ0v) is 20.5. The molecule has 1 aliphatic heterocycles. The van der Waals surface area contributed by atoms with Crippen molar-refractivity contribution in [3.8, 4) is 11.4 Å². The van der Waals surface area contributed by atoms with Crippen LogP contribution in [0.4, 0.5) is 5.82 Å². The van der Waals surface area contributed by atoms with E-state index >= 15 is 0 Å². The van der Waals surface area contributed by atoms with Gasteiger partial charge in [-0.05, 0) is 34.6 Å². The van der Waals surface area contributed by atoms with Gasteiger partial charge >= 0.3 is 0 Å². The summed E-state index contributed by atoms with van der Waals surface area (Å²) >= 11 is 0. The Hall–Kier alpha value is -3.18. The number of imidazole rings is 1. The molecule has 4 heterocycles. The molecule has 0 radical (unpaired) electrons. The van der Waals surface area contributed by atoms with Crippen LogP contribution in [0.3, 0.4) is 0 Å². The number of fused-ring (bicyclic) bond motifs is 1. The molecule has 0 aromatic carbocycles. The van der Waals surface area contributed by atoms with Crippen LogP contribution in [-0.2, 0) is 20.8 Å². The number of aromatic nitrogens is 6. The molecule has 34 heavy (non-hydrogen) atoms. The van der Waals surface area contributed by atoms with E-state index in [9.17, 15) is 4.79 Å². The second kappa shape index (κ2) is 9.98. The SMILES string of the molecule is CCn1c(-c2cnc(C)nc2)nc2c(N[C@H](C(=O)N3C[C@@H](C)O[C@@H](C)C3)[C@@H](C)OC)ncnc21. The smallest absolute Gasteiger partial charge is 0.247 e. The van der Waals surface area contributed by atoms with E-state index in [1.54, 1.807) is 19.5 Å². The largest absolute Gasteiger partial charge is 0.379 e. The molecule has 1 aliphatic rings. The molecule has 4 rings (SSSR count). The second-order valence-electron chi connectivity index (χ2n) is 8.66. The highest BCUT2D eigenvalue weighted by Gasteiger charge is 2.34. The summed E-state index contributed by atoms with van der Waals surface area (Å²) in [6.45, 7) is 11.4. The lowest BCUT2D eigenvalue weighted by molar-refractivity contribution is -0.146. The molecule has 3 aromatic heterocycles. The molecule has 1 amide bonds. The van der Waals surface area contributed by atoms with Crippen molar-refractivity contribution in [2.45, 2.75) is 65.5 Å². The first-order chi connectivity index (χ1) is 16.3. The average molecular weight is 469 g/mol. The first-order valence-corrected chi connectivity index (χ1v) is 11.6. The number of rotatable bonds is 7. The Balaban J connectivity index is 1.71. The predicted molar refractivity (Wildman–Crippen MR) is 127 cm³/mol. The molecule has 0 aliphatic carbocycles. The highest BCUT2D eigenvalue weighted by molar-refractivity contribution is 5.91. The summed E-state index contributed by atoms with van der Waals surface area (Å²) in [6.07, 6.45) is 4.51. The summed E-state index contributed by atoms with van der Waals surface area (Å²) in [5.41, 5.74) is 2.02. The first kappa shape index (κ1) is 24.0. The summed E-state index contributed by atoms with van der Waals surface area (Å²) in [5.74, 6) is 1.79. The number of carbonyl (C=O) groups excluding carboxylic acids is 1. The van der Waals surface area contributed by atoms with E-state index in [0.29, 0.717) is 48.3 Å². The van der Waals surface area contributed by atoms with Gasteiger partial charge in [-0.3, -0.25) is 4.79 Å². The highest BCUT2D eigenvalue weighted by atomic mass is 16.5. The maximum Gasteiger partial charge on any atom is 0.247 e. The average Bonchev–Trinajstić information content (AvgIpc) is 3.21. The predicted octanol–water partition coefficient (Wildman–Crippen LogP) is 2.06. The van der Waals surface area contributed by atoms with Crippen molar-refractivity contribution in [2.75, 3.05) is 25.5 Å². The van der Waals surface area contributed by atoms with Gasteiger partial charge in [0.15, 0.2) is 17.0 Å². The van der Waals surface area contributed by atoms with Gasteiger partial charge in [-0.1, -0.05) is 0 Å². The van der Waals surface area contributed by atoms with Crippen molar-refractivity contribution in [1.82, 2.24) is 34.4 Å². The van der Waals surface area contributed by atoms with Crippen molar-refractivity contribution in [1.29, 1.82) is 0 Å². The minimum atomic E-state index is -0.654. The summed E-state index contributed by atoms with van der Waals surface area (Å²) in [7, 11) is 1.59. The van der Waals surface area contributed by atoms with Crippen molar-refractivity contribution in [2.24, 2.45) is 0 Å². The molecule has 0 bridgehead atoms. The monoisotopic (exact) mass is 468 g/mol. The molecule has 0 unspecified atom stereocenters. The molecule has 182 valence electrons. The first-order valence-electron chi connectivity index (χ1n) is 11.6. The van der Waals surface area contributed by atoms with Gasteiger partial charge in [0.25, 0.3) is 0 Å². The minimum absolute atomic E-state index is 0.0310. The minimum Gasteiger partial charge on any atom is -0.379 e. The Labute approximate surface area is 198 Å². The summed E-state index contributed by atoms with van der Waals surface area (Å²) < 4.78 is 13.3. The van der Waals surface area contributed by atoms with E-state index in [4.69, 9.17) is 14.5 Å². The zero-order chi connectivity index (χ0) is 24.4. The van der Waals surface area contributed by atoms with Gasteiger partial charge in [-0.25, -0.2) is 24.9 Å². The third kappa shape index (κ3) is 4.71. The van der Waals surface area contributed by atoms with Crippen LogP contribution in [0, 0.1) is 6.92 Å². The topological polar surface area (TPSA) is 120 Å². The van der Waals surface area contributed by atoms with Crippen LogP contribution in [0.1, 0.15) is 33.5 Å². The lowest BCUT2D eigenvalue weighted by atomic mass is 10.1. The van der Waals surface area contributed by atoms with Gasteiger partial charge in [0.2, 0.25) is 5.91 Å². The Morgan fingerprint density at radius 3 is 2.50 bits per heavy atom. The summed E-state index contributed by atoms with van der Waals surface area (Å²) in [4.78, 5) is 37.7. The number of anilines is 1. The molecule has 11 nitrogen and oxygen atoms in total. The van der Waals surface area contributed by atoms with Crippen LogP contribution < -0.4 is 5.32 Å². The van der Waals surface area contributed by atoms with Gasteiger partial charge < -0.3 is 24.3 Å². The van der Waals surface area contributed by atoms with Crippen LogP contribution in [0.25, 0.3) is 22.6 Å². The van der Waals surface area contributed by atoms with E-state index in [-0.39, 0.29) is 18.1 Å². The maximum atomic E-state index is 13.6. The van der Waals surface area contributed by atoms with Crippen molar-refractivity contribution < 1.29 is 14.3 Å². The number of nitrogens with one attached hydrogen (secondary N) is 1. The molecular weight excluding hydrogens is 436 g/mol. The second-order valence-corrected chi connectivity index (χ2v) is 8.66. The molecule has 0 saturated carbocycles. The van der Waals surface area contributed by atoms with E-state index in [2.05, 4.69) is 25.3 Å². The Morgan fingerprint density at radius 1 is 1.21 bits per heavy atom. The summed E-state index contributed by atoms with van der Waals surface area (Å²) in [6, 6.07) is -0.654.